The third-order valence-electron chi connectivity index (χ3n) is 2.01. The standard InChI is InChI=1S/C10H16N2OS/c1-3-8(2)12-14(13)10-6-4-9(11)5-7-10/h4-8,12H,3,11H2,1-2H3. The van der Waals surface area contributed by atoms with Crippen LogP contribution < -0.4 is 10.5 Å². The minimum absolute atomic E-state index is 0.258. The van der Waals surface area contributed by atoms with Crippen LogP contribution in [0.2, 0.25) is 0 Å². The summed E-state index contributed by atoms with van der Waals surface area (Å²) in [6.45, 7) is 4.06. The molecule has 0 saturated heterocycles. The van der Waals surface area contributed by atoms with E-state index >= 15 is 0 Å². The molecule has 1 rings (SSSR count). The maximum atomic E-state index is 11.7. The Balaban J connectivity index is 2.65. The fourth-order valence-corrected chi connectivity index (χ4v) is 1.98. The van der Waals surface area contributed by atoms with E-state index in [0.29, 0.717) is 5.69 Å². The first-order valence-corrected chi connectivity index (χ1v) is 5.82. The summed E-state index contributed by atoms with van der Waals surface area (Å²) in [7, 11) is -1.13. The molecule has 1 aromatic carbocycles. The highest BCUT2D eigenvalue weighted by molar-refractivity contribution is 7.83. The second-order valence-corrected chi connectivity index (χ2v) is 4.51. The zero-order chi connectivity index (χ0) is 10.6. The quantitative estimate of drug-likeness (QED) is 0.746. The lowest BCUT2D eigenvalue weighted by molar-refractivity contribution is 0.624. The molecule has 0 bridgehead atoms. The summed E-state index contributed by atoms with van der Waals surface area (Å²) in [5, 5.41) is 0. The number of nitrogens with one attached hydrogen (secondary N) is 1. The zero-order valence-electron chi connectivity index (χ0n) is 8.49. The number of anilines is 1. The Hall–Kier alpha value is -0.870. The lowest BCUT2D eigenvalue weighted by Gasteiger charge is -2.10. The number of rotatable bonds is 4. The molecule has 2 atom stereocenters. The molecule has 0 aliphatic heterocycles. The number of nitrogens with two attached hydrogens (primary N) is 1. The average molecular weight is 212 g/mol. The molecule has 0 aliphatic carbocycles. The van der Waals surface area contributed by atoms with Crippen molar-refractivity contribution in [3.8, 4) is 0 Å². The lowest BCUT2D eigenvalue weighted by Crippen LogP contribution is -2.27. The van der Waals surface area contributed by atoms with Crippen molar-refractivity contribution in [3.63, 3.8) is 0 Å². The molecule has 3 nitrogen and oxygen atoms in total. The largest absolute Gasteiger partial charge is 0.399 e. The highest BCUT2D eigenvalue weighted by atomic mass is 32.2. The van der Waals surface area contributed by atoms with E-state index in [-0.39, 0.29) is 6.04 Å². The predicted molar refractivity (Wildman–Crippen MR) is 60.2 cm³/mol. The van der Waals surface area contributed by atoms with E-state index in [1.807, 2.05) is 6.92 Å². The van der Waals surface area contributed by atoms with Crippen LogP contribution in [0.1, 0.15) is 20.3 Å². The van der Waals surface area contributed by atoms with Gasteiger partial charge in [-0.3, -0.25) is 0 Å². The van der Waals surface area contributed by atoms with Gasteiger partial charge in [0.1, 0.15) is 11.0 Å². The van der Waals surface area contributed by atoms with Gasteiger partial charge in [0.15, 0.2) is 0 Å². The highest BCUT2D eigenvalue weighted by Crippen LogP contribution is 2.09. The molecule has 0 radical (unpaired) electrons. The monoisotopic (exact) mass is 212 g/mol. The van der Waals surface area contributed by atoms with Gasteiger partial charge in [0.25, 0.3) is 0 Å². The van der Waals surface area contributed by atoms with Crippen LogP contribution in [0.3, 0.4) is 0 Å². The molecule has 14 heavy (non-hydrogen) atoms. The van der Waals surface area contributed by atoms with E-state index in [9.17, 15) is 4.21 Å². The average Bonchev–Trinajstić information content (AvgIpc) is 2.18. The van der Waals surface area contributed by atoms with Gasteiger partial charge in [-0.2, -0.15) is 0 Å². The fourth-order valence-electron chi connectivity index (χ4n) is 0.926. The van der Waals surface area contributed by atoms with Crippen LogP contribution in [0.25, 0.3) is 0 Å². The maximum Gasteiger partial charge on any atom is 0.125 e. The van der Waals surface area contributed by atoms with E-state index in [1.54, 1.807) is 24.3 Å². The van der Waals surface area contributed by atoms with Gasteiger partial charge in [0, 0.05) is 11.7 Å². The van der Waals surface area contributed by atoms with Gasteiger partial charge >= 0.3 is 0 Å². The van der Waals surface area contributed by atoms with Crippen LogP contribution >= 0.6 is 0 Å². The number of hydrogen-bond donors (Lipinski definition) is 2. The smallest absolute Gasteiger partial charge is 0.125 e. The van der Waals surface area contributed by atoms with Crippen molar-refractivity contribution in [2.24, 2.45) is 0 Å². The Bertz CT molecular complexity index is 310. The summed E-state index contributed by atoms with van der Waals surface area (Å²) in [5.74, 6) is 0. The van der Waals surface area contributed by atoms with Gasteiger partial charge in [-0.15, -0.1) is 0 Å². The maximum absolute atomic E-state index is 11.7. The lowest BCUT2D eigenvalue weighted by atomic mass is 10.3. The molecule has 0 fully saturated rings. The summed E-state index contributed by atoms with van der Waals surface area (Å²) in [6.07, 6.45) is 0.959. The van der Waals surface area contributed by atoms with Crippen LogP contribution in [0.15, 0.2) is 29.2 Å². The number of nitrogen functional groups attached to an aromatic ring is 1. The molecule has 3 N–H and O–H groups in total. The van der Waals surface area contributed by atoms with Gasteiger partial charge in [-0.1, -0.05) is 6.92 Å². The van der Waals surface area contributed by atoms with Crippen molar-refractivity contribution in [3.05, 3.63) is 24.3 Å². The Labute approximate surface area is 87.3 Å². The zero-order valence-corrected chi connectivity index (χ0v) is 9.30. The number of benzene rings is 1. The summed E-state index contributed by atoms with van der Waals surface area (Å²) >= 11 is 0. The predicted octanol–water partition coefficient (Wildman–Crippen LogP) is 1.68. The third-order valence-corrected chi connectivity index (χ3v) is 3.33. The molecule has 0 aromatic heterocycles. The van der Waals surface area contributed by atoms with Gasteiger partial charge in [-0.05, 0) is 37.6 Å². The molecule has 0 heterocycles. The van der Waals surface area contributed by atoms with Gasteiger partial charge in [-0.25, -0.2) is 8.93 Å². The van der Waals surface area contributed by atoms with Crippen LogP contribution in [-0.2, 0) is 11.0 Å². The Morgan fingerprint density at radius 2 is 2.00 bits per heavy atom. The topological polar surface area (TPSA) is 55.1 Å². The normalized spacial score (nSPS) is 15.0. The fraction of sp³-hybridized carbons (Fsp3) is 0.400. The first kappa shape index (κ1) is 11.2. The van der Waals surface area contributed by atoms with E-state index in [0.717, 1.165) is 11.3 Å². The molecule has 0 spiro atoms. The minimum Gasteiger partial charge on any atom is -0.399 e. The van der Waals surface area contributed by atoms with Crippen LogP contribution in [0, 0.1) is 0 Å². The van der Waals surface area contributed by atoms with Gasteiger partial charge in [0.05, 0.1) is 4.90 Å². The summed E-state index contributed by atoms with van der Waals surface area (Å²) < 4.78 is 14.7. The molecule has 0 amide bonds. The first-order valence-electron chi connectivity index (χ1n) is 4.67. The van der Waals surface area contributed by atoms with Crippen molar-refractivity contribution in [2.45, 2.75) is 31.2 Å². The molecule has 4 heteroatoms. The van der Waals surface area contributed by atoms with Gasteiger partial charge in [0.2, 0.25) is 0 Å². The van der Waals surface area contributed by atoms with Crippen molar-refractivity contribution >= 4 is 16.7 Å². The Morgan fingerprint density at radius 3 is 2.50 bits per heavy atom. The molecular weight excluding hydrogens is 196 g/mol. The minimum atomic E-state index is -1.13. The third kappa shape index (κ3) is 3.12. The van der Waals surface area contributed by atoms with E-state index in [1.165, 1.54) is 0 Å². The van der Waals surface area contributed by atoms with E-state index < -0.39 is 11.0 Å². The van der Waals surface area contributed by atoms with Gasteiger partial charge < -0.3 is 5.73 Å². The Morgan fingerprint density at radius 1 is 1.43 bits per heavy atom. The molecular formula is C10H16N2OS. The molecule has 2 unspecified atom stereocenters. The molecule has 1 aromatic rings. The van der Waals surface area contributed by atoms with Crippen molar-refractivity contribution in [2.75, 3.05) is 5.73 Å². The highest BCUT2D eigenvalue weighted by Gasteiger charge is 2.06. The summed E-state index contributed by atoms with van der Waals surface area (Å²) in [4.78, 5) is 0.763. The second-order valence-electron chi connectivity index (χ2n) is 3.26. The first-order chi connectivity index (χ1) is 6.63. The van der Waals surface area contributed by atoms with E-state index in [2.05, 4.69) is 11.6 Å². The SMILES string of the molecule is CCC(C)NS(=O)c1ccc(N)cc1. The molecule has 0 saturated carbocycles. The van der Waals surface area contributed by atoms with Crippen molar-refractivity contribution < 1.29 is 4.21 Å². The Kier molecular flexibility index (Phi) is 4.10. The number of hydrogen-bond acceptors (Lipinski definition) is 2. The van der Waals surface area contributed by atoms with Crippen LogP contribution in [0.5, 0.6) is 0 Å². The van der Waals surface area contributed by atoms with Crippen molar-refractivity contribution in [1.82, 2.24) is 4.72 Å². The molecule has 78 valence electrons. The summed E-state index contributed by atoms with van der Waals surface area (Å²) in [6, 6.07) is 7.33. The van der Waals surface area contributed by atoms with E-state index in [4.69, 9.17) is 5.73 Å². The van der Waals surface area contributed by atoms with Crippen molar-refractivity contribution in [1.29, 1.82) is 0 Å². The van der Waals surface area contributed by atoms with Crippen LogP contribution in [0.4, 0.5) is 5.69 Å². The second kappa shape index (κ2) is 5.12. The van der Waals surface area contributed by atoms with Crippen LogP contribution in [-0.4, -0.2) is 10.3 Å². The molecule has 0 aliphatic rings. The summed E-state index contributed by atoms with van der Waals surface area (Å²) in [5.41, 5.74) is 6.22.